The molecule has 1 aliphatic heterocycles. The van der Waals surface area contributed by atoms with Gasteiger partial charge in [-0.2, -0.15) is 0 Å². The second-order valence-electron chi connectivity index (χ2n) is 5.85. The highest BCUT2D eigenvalue weighted by Gasteiger charge is 2.26. The molecule has 1 atom stereocenters. The second-order valence-corrected chi connectivity index (χ2v) is 6.70. The minimum absolute atomic E-state index is 0.251. The Bertz CT molecular complexity index is 461. The molecule has 1 fully saturated rings. The van der Waals surface area contributed by atoms with Gasteiger partial charge in [-0.25, -0.2) is 0 Å². The maximum Gasteiger partial charge on any atom is 0.133 e. The van der Waals surface area contributed by atoms with Crippen LogP contribution in [0.5, 0.6) is 5.75 Å². The van der Waals surface area contributed by atoms with Gasteiger partial charge in [0.1, 0.15) is 5.75 Å². The van der Waals surface area contributed by atoms with E-state index in [2.05, 4.69) is 52.0 Å². The number of likely N-dealkylation sites (tertiary alicyclic amines) is 1. The lowest BCUT2D eigenvalue weighted by Gasteiger charge is -2.39. The van der Waals surface area contributed by atoms with Gasteiger partial charge in [0.05, 0.1) is 11.6 Å². The van der Waals surface area contributed by atoms with Crippen LogP contribution in [0.3, 0.4) is 0 Å². The molecule has 1 aromatic rings. The Hall–Kier alpha value is -0.620. The topological polar surface area (TPSA) is 41.7 Å². The molecule has 0 spiro atoms. The predicted molar refractivity (Wildman–Crippen MR) is 90.8 cm³/mol. The highest BCUT2D eigenvalue weighted by atomic mass is 79.9. The molecule has 0 aliphatic carbocycles. The molecular formula is C16H26BrN3O. The Morgan fingerprint density at radius 3 is 2.62 bits per heavy atom. The Labute approximate surface area is 136 Å². The van der Waals surface area contributed by atoms with Crippen LogP contribution in [0.25, 0.3) is 0 Å². The third kappa shape index (κ3) is 3.97. The fraction of sp³-hybridized carbons (Fsp3) is 0.625. The number of methoxy groups -OCH3 is 1. The van der Waals surface area contributed by atoms with Gasteiger partial charge in [0.15, 0.2) is 0 Å². The molecule has 0 saturated carbocycles. The summed E-state index contributed by atoms with van der Waals surface area (Å²) in [5.41, 5.74) is 7.30. The number of piperidine rings is 1. The van der Waals surface area contributed by atoms with E-state index < -0.39 is 0 Å². The van der Waals surface area contributed by atoms with Crippen LogP contribution in [0, 0.1) is 0 Å². The Morgan fingerprint density at radius 1 is 1.43 bits per heavy atom. The summed E-state index contributed by atoms with van der Waals surface area (Å²) in [5, 5.41) is 0. The van der Waals surface area contributed by atoms with E-state index in [1.54, 1.807) is 7.11 Å². The van der Waals surface area contributed by atoms with Crippen LogP contribution in [0.1, 0.15) is 24.4 Å². The lowest BCUT2D eigenvalue weighted by atomic mass is 9.98. The summed E-state index contributed by atoms with van der Waals surface area (Å²) in [6.07, 6.45) is 2.42. The predicted octanol–water partition coefficient (Wildman–Crippen LogP) is 2.48. The average Bonchev–Trinajstić information content (AvgIpc) is 2.49. The van der Waals surface area contributed by atoms with Crippen molar-refractivity contribution >= 4 is 15.9 Å². The molecule has 0 bridgehead atoms. The number of ether oxygens (including phenoxy) is 1. The van der Waals surface area contributed by atoms with Crippen LogP contribution < -0.4 is 10.5 Å². The molecular weight excluding hydrogens is 330 g/mol. The first-order chi connectivity index (χ1) is 10.1. The molecule has 2 N–H and O–H groups in total. The number of nitrogens with zero attached hydrogens (tertiary/aromatic N) is 2. The maximum atomic E-state index is 6.06. The van der Waals surface area contributed by atoms with E-state index >= 15 is 0 Å². The van der Waals surface area contributed by atoms with Crippen molar-refractivity contribution in [3.05, 3.63) is 28.2 Å². The normalized spacial score (nSPS) is 19.0. The summed E-state index contributed by atoms with van der Waals surface area (Å²) in [6, 6.07) is 7.11. The van der Waals surface area contributed by atoms with E-state index in [-0.39, 0.29) is 6.04 Å². The smallest absolute Gasteiger partial charge is 0.133 e. The first-order valence-corrected chi connectivity index (χ1v) is 8.30. The maximum absolute atomic E-state index is 6.06. The number of rotatable bonds is 5. The fourth-order valence-corrected chi connectivity index (χ4v) is 3.64. The van der Waals surface area contributed by atoms with Gasteiger partial charge >= 0.3 is 0 Å². The van der Waals surface area contributed by atoms with Crippen molar-refractivity contribution in [3.63, 3.8) is 0 Å². The van der Waals surface area contributed by atoms with Gasteiger partial charge in [-0.15, -0.1) is 0 Å². The molecule has 0 amide bonds. The third-order valence-corrected chi connectivity index (χ3v) is 5.16. The monoisotopic (exact) mass is 355 g/mol. The number of likely N-dealkylation sites (N-methyl/N-ethyl adjacent to an activating group) is 1. The van der Waals surface area contributed by atoms with E-state index in [1.165, 1.54) is 31.5 Å². The molecule has 1 aliphatic rings. The van der Waals surface area contributed by atoms with Crippen LogP contribution in [-0.2, 0) is 0 Å². The van der Waals surface area contributed by atoms with Crippen LogP contribution in [0.4, 0.5) is 0 Å². The van der Waals surface area contributed by atoms with Crippen LogP contribution in [0.15, 0.2) is 22.7 Å². The summed E-state index contributed by atoms with van der Waals surface area (Å²) in [5.74, 6) is 0.858. The fourth-order valence-electron chi connectivity index (χ4n) is 3.08. The van der Waals surface area contributed by atoms with Gasteiger partial charge in [-0.3, -0.25) is 4.90 Å². The molecule has 1 aromatic carbocycles. The minimum atomic E-state index is 0.251. The van der Waals surface area contributed by atoms with Crippen molar-refractivity contribution < 1.29 is 4.74 Å². The van der Waals surface area contributed by atoms with Crippen LogP contribution >= 0.6 is 15.9 Å². The van der Waals surface area contributed by atoms with Crippen LogP contribution in [0.2, 0.25) is 0 Å². The summed E-state index contributed by atoms with van der Waals surface area (Å²) in [6.45, 7) is 2.96. The van der Waals surface area contributed by atoms with Crippen molar-refractivity contribution in [2.45, 2.75) is 24.9 Å². The highest BCUT2D eigenvalue weighted by molar-refractivity contribution is 9.10. The van der Waals surface area contributed by atoms with Crippen molar-refractivity contribution in [2.75, 3.05) is 40.8 Å². The Balaban J connectivity index is 2.13. The molecule has 0 aromatic heterocycles. The van der Waals surface area contributed by atoms with E-state index in [1.807, 2.05) is 6.07 Å². The van der Waals surface area contributed by atoms with Crippen molar-refractivity contribution in [1.29, 1.82) is 0 Å². The Morgan fingerprint density at radius 2 is 2.10 bits per heavy atom. The largest absolute Gasteiger partial charge is 0.496 e. The van der Waals surface area contributed by atoms with E-state index in [0.717, 1.165) is 10.2 Å². The molecule has 0 radical (unpaired) electrons. The van der Waals surface area contributed by atoms with E-state index in [9.17, 15) is 0 Å². The summed E-state index contributed by atoms with van der Waals surface area (Å²) in [4.78, 5) is 4.84. The minimum Gasteiger partial charge on any atom is -0.496 e. The summed E-state index contributed by atoms with van der Waals surface area (Å²) < 4.78 is 6.29. The van der Waals surface area contributed by atoms with Gasteiger partial charge in [-0.05, 0) is 73.7 Å². The van der Waals surface area contributed by atoms with E-state index in [0.29, 0.717) is 12.6 Å². The Kier molecular flexibility index (Phi) is 6.05. The molecule has 1 saturated heterocycles. The molecule has 5 heteroatoms. The van der Waals surface area contributed by atoms with Gasteiger partial charge in [-0.1, -0.05) is 6.07 Å². The van der Waals surface area contributed by atoms with Crippen LogP contribution in [-0.4, -0.2) is 56.7 Å². The number of halogens is 1. The lowest BCUT2D eigenvalue weighted by molar-refractivity contribution is 0.109. The number of hydrogen-bond donors (Lipinski definition) is 1. The van der Waals surface area contributed by atoms with Gasteiger partial charge in [0, 0.05) is 18.6 Å². The summed E-state index contributed by atoms with van der Waals surface area (Å²) in [7, 11) is 6.08. The molecule has 21 heavy (non-hydrogen) atoms. The number of hydrogen-bond acceptors (Lipinski definition) is 4. The second kappa shape index (κ2) is 7.58. The number of nitrogens with two attached hydrogens (primary N) is 1. The van der Waals surface area contributed by atoms with Gasteiger partial charge < -0.3 is 15.4 Å². The summed E-state index contributed by atoms with van der Waals surface area (Å²) >= 11 is 3.57. The standard InChI is InChI=1S/C16H26BrN3O/c1-19-8-6-13(7-9-19)20(2)15(11-18)12-4-5-16(21-3)14(17)10-12/h4-5,10,13,15H,6-9,11,18H2,1-3H3. The van der Waals surface area contributed by atoms with Crippen molar-refractivity contribution in [1.82, 2.24) is 9.80 Å². The van der Waals surface area contributed by atoms with Crippen molar-refractivity contribution in [3.8, 4) is 5.75 Å². The number of benzene rings is 1. The van der Waals surface area contributed by atoms with E-state index in [4.69, 9.17) is 10.5 Å². The molecule has 1 heterocycles. The molecule has 118 valence electrons. The van der Waals surface area contributed by atoms with Crippen molar-refractivity contribution in [2.24, 2.45) is 5.73 Å². The lowest BCUT2D eigenvalue weighted by Crippen LogP contribution is -2.45. The third-order valence-electron chi connectivity index (χ3n) is 4.54. The van der Waals surface area contributed by atoms with Gasteiger partial charge in [0.25, 0.3) is 0 Å². The molecule has 4 nitrogen and oxygen atoms in total. The first-order valence-electron chi connectivity index (χ1n) is 7.50. The highest BCUT2D eigenvalue weighted by Crippen LogP contribution is 2.31. The zero-order valence-corrected chi connectivity index (χ0v) is 14.8. The SMILES string of the molecule is COc1ccc(C(CN)N(C)C2CCN(C)CC2)cc1Br. The zero-order valence-electron chi connectivity index (χ0n) is 13.2. The van der Waals surface area contributed by atoms with Gasteiger partial charge in [0.2, 0.25) is 0 Å². The zero-order chi connectivity index (χ0) is 15.4. The molecule has 1 unspecified atom stereocenters. The molecule has 2 rings (SSSR count). The average molecular weight is 356 g/mol. The first kappa shape index (κ1) is 16.7. The quantitative estimate of drug-likeness (QED) is 0.880.